The van der Waals surface area contributed by atoms with Crippen molar-refractivity contribution in [2.24, 2.45) is 0 Å². The molecule has 0 aliphatic heterocycles. The van der Waals surface area contributed by atoms with E-state index in [1.54, 1.807) is 36.4 Å². The molecule has 0 aromatic heterocycles. The quantitative estimate of drug-likeness (QED) is 0.718. The number of sulfonamides is 1. The zero-order valence-corrected chi connectivity index (χ0v) is 14.3. The molecule has 0 saturated carbocycles. The van der Waals surface area contributed by atoms with Gasteiger partial charge in [0.2, 0.25) is 0 Å². The van der Waals surface area contributed by atoms with Gasteiger partial charge in [0.05, 0.1) is 10.6 Å². The molecule has 0 heterocycles. The molecule has 25 heavy (non-hydrogen) atoms. The van der Waals surface area contributed by atoms with Crippen LogP contribution in [0.1, 0.15) is 5.56 Å². The zero-order valence-electron chi connectivity index (χ0n) is 13.4. The summed E-state index contributed by atoms with van der Waals surface area (Å²) in [5.74, 6) is 0.509. The first-order valence-corrected chi connectivity index (χ1v) is 9.05. The molecule has 128 valence electrons. The Morgan fingerprint density at radius 2 is 1.60 bits per heavy atom. The van der Waals surface area contributed by atoms with Crippen molar-refractivity contribution in [1.29, 1.82) is 0 Å². The lowest BCUT2D eigenvalue weighted by Crippen LogP contribution is -2.14. The summed E-state index contributed by atoms with van der Waals surface area (Å²) in [7, 11) is -3.86. The predicted molar refractivity (Wildman–Crippen MR) is 94.9 cm³/mol. The number of hydrogen-bond donors (Lipinski definition) is 1. The molecule has 0 unspecified atom stereocenters. The summed E-state index contributed by atoms with van der Waals surface area (Å²) in [6.07, 6.45) is 0. The van der Waals surface area contributed by atoms with Gasteiger partial charge < -0.3 is 4.74 Å². The molecule has 4 nitrogen and oxygen atoms in total. The maximum atomic E-state index is 13.4. The maximum absolute atomic E-state index is 13.4. The minimum absolute atomic E-state index is 0.0130. The molecule has 0 aliphatic carbocycles. The summed E-state index contributed by atoms with van der Waals surface area (Å²) in [5.41, 5.74) is 0.560. The lowest BCUT2D eigenvalue weighted by atomic mass is 10.2. The summed E-state index contributed by atoms with van der Waals surface area (Å²) in [6.45, 7) is 1.51. The Labute approximate surface area is 146 Å². The summed E-state index contributed by atoms with van der Waals surface area (Å²) >= 11 is 0. The molecule has 1 N–H and O–H groups in total. The fourth-order valence-corrected chi connectivity index (χ4v) is 3.40. The van der Waals surface area contributed by atoms with Crippen LogP contribution in [0, 0.1) is 12.7 Å². The molecule has 0 aliphatic rings. The van der Waals surface area contributed by atoms with Gasteiger partial charge in [0.1, 0.15) is 11.6 Å². The number of benzene rings is 3. The molecule has 3 aromatic carbocycles. The highest BCUT2D eigenvalue weighted by molar-refractivity contribution is 7.92. The van der Waals surface area contributed by atoms with Gasteiger partial charge in [-0.2, -0.15) is 0 Å². The van der Waals surface area contributed by atoms with Gasteiger partial charge in [0.25, 0.3) is 10.0 Å². The average Bonchev–Trinajstić information content (AvgIpc) is 2.60. The van der Waals surface area contributed by atoms with Crippen molar-refractivity contribution in [3.63, 3.8) is 0 Å². The van der Waals surface area contributed by atoms with Gasteiger partial charge in [-0.05, 0) is 55.0 Å². The molecule has 0 fully saturated rings. The van der Waals surface area contributed by atoms with Crippen LogP contribution in [-0.2, 0) is 10.0 Å². The Morgan fingerprint density at radius 1 is 0.920 bits per heavy atom. The number of ether oxygens (including phenoxy) is 1. The first-order valence-electron chi connectivity index (χ1n) is 7.56. The molecule has 0 radical (unpaired) electrons. The van der Waals surface area contributed by atoms with Gasteiger partial charge in [0.15, 0.2) is 5.75 Å². The van der Waals surface area contributed by atoms with E-state index < -0.39 is 15.8 Å². The fraction of sp³-hybridized carbons (Fsp3) is 0.0526. The number of halogens is 1. The van der Waals surface area contributed by atoms with Crippen LogP contribution < -0.4 is 9.46 Å². The molecule has 0 atom stereocenters. The van der Waals surface area contributed by atoms with E-state index in [0.29, 0.717) is 17.2 Å². The number of rotatable bonds is 5. The highest BCUT2D eigenvalue weighted by Crippen LogP contribution is 2.31. The van der Waals surface area contributed by atoms with Gasteiger partial charge >= 0.3 is 0 Å². The molecular formula is C19H16FNO3S. The summed E-state index contributed by atoms with van der Waals surface area (Å²) in [4.78, 5) is -0.0130. The second-order valence-electron chi connectivity index (χ2n) is 5.43. The Balaban J connectivity index is 1.91. The maximum Gasteiger partial charge on any atom is 0.262 e. The third-order valence-electron chi connectivity index (χ3n) is 3.54. The predicted octanol–water partition coefficient (Wildman–Crippen LogP) is 4.73. The second-order valence-corrected chi connectivity index (χ2v) is 7.11. The molecule has 0 saturated heterocycles. The Hall–Kier alpha value is -2.86. The van der Waals surface area contributed by atoms with E-state index in [1.807, 2.05) is 18.2 Å². The van der Waals surface area contributed by atoms with Crippen LogP contribution in [0.2, 0.25) is 0 Å². The Morgan fingerprint density at radius 3 is 2.32 bits per heavy atom. The van der Waals surface area contributed by atoms with Crippen LogP contribution in [0.5, 0.6) is 11.5 Å². The van der Waals surface area contributed by atoms with Crippen molar-refractivity contribution in [3.8, 4) is 11.5 Å². The molecule has 0 bridgehead atoms. The van der Waals surface area contributed by atoms with E-state index in [2.05, 4.69) is 4.72 Å². The van der Waals surface area contributed by atoms with Crippen LogP contribution in [0.4, 0.5) is 10.1 Å². The SMILES string of the molecule is Cc1cc(S(=O)(=O)Nc2ccccc2Oc2ccccc2)ccc1F. The van der Waals surface area contributed by atoms with Crippen molar-refractivity contribution in [1.82, 2.24) is 0 Å². The second kappa shape index (κ2) is 6.94. The van der Waals surface area contributed by atoms with E-state index in [-0.39, 0.29) is 10.5 Å². The van der Waals surface area contributed by atoms with Crippen LogP contribution in [0.15, 0.2) is 77.7 Å². The third-order valence-corrected chi connectivity index (χ3v) is 4.91. The molecule has 0 spiro atoms. The van der Waals surface area contributed by atoms with Crippen molar-refractivity contribution >= 4 is 15.7 Å². The van der Waals surface area contributed by atoms with Crippen LogP contribution in [-0.4, -0.2) is 8.42 Å². The molecule has 3 rings (SSSR count). The number of hydrogen-bond acceptors (Lipinski definition) is 3. The zero-order chi connectivity index (χ0) is 17.9. The third kappa shape index (κ3) is 3.97. The first-order chi connectivity index (χ1) is 12.0. The molecular weight excluding hydrogens is 341 g/mol. The monoisotopic (exact) mass is 357 g/mol. The van der Waals surface area contributed by atoms with Crippen molar-refractivity contribution in [3.05, 3.63) is 84.2 Å². The highest BCUT2D eigenvalue weighted by Gasteiger charge is 2.17. The first kappa shape index (κ1) is 17.0. The van der Waals surface area contributed by atoms with Gasteiger partial charge in [0, 0.05) is 0 Å². The molecule has 6 heteroatoms. The number of aryl methyl sites for hydroxylation is 1. The van der Waals surface area contributed by atoms with E-state index in [4.69, 9.17) is 4.74 Å². The number of para-hydroxylation sites is 3. The summed E-state index contributed by atoms with van der Waals surface area (Å²) in [5, 5.41) is 0. The standard InChI is InChI=1S/C19H16FNO3S/c1-14-13-16(11-12-17(14)20)25(22,23)21-18-9-5-6-10-19(18)24-15-7-3-2-4-8-15/h2-13,21H,1H3. The van der Waals surface area contributed by atoms with Gasteiger partial charge in [-0.15, -0.1) is 0 Å². The minimum Gasteiger partial charge on any atom is -0.455 e. The summed E-state index contributed by atoms with van der Waals surface area (Å²) in [6, 6.07) is 19.4. The minimum atomic E-state index is -3.86. The smallest absolute Gasteiger partial charge is 0.262 e. The van der Waals surface area contributed by atoms with Crippen LogP contribution in [0.25, 0.3) is 0 Å². The lowest BCUT2D eigenvalue weighted by molar-refractivity contribution is 0.485. The average molecular weight is 357 g/mol. The van der Waals surface area contributed by atoms with E-state index in [0.717, 1.165) is 6.07 Å². The van der Waals surface area contributed by atoms with E-state index in [9.17, 15) is 12.8 Å². The Bertz CT molecular complexity index is 989. The van der Waals surface area contributed by atoms with Crippen molar-refractivity contribution in [2.75, 3.05) is 4.72 Å². The molecule has 3 aromatic rings. The normalized spacial score (nSPS) is 11.1. The fourth-order valence-electron chi connectivity index (χ4n) is 2.24. The van der Waals surface area contributed by atoms with Crippen LogP contribution >= 0.6 is 0 Å². The van der Waals surface area contributed by atoms with Gasteiger partial charge in [-0.3, -0.25) is 4.72 Å². The van der Waals surface area contributed by atoms with Gasteiger partial charge in [-0.25, -0.2) is 12.8 Å². The number of anilines is 1. The topological polar surface area (TPSA) is 55.4 Å². The highest BCUT2D eigenvalue weighted by atomic mass is 32.2. The number of nitrogens with one attached hydrogen (secondary N) is 1. The van der Waals surface area contributed by atoms with Crippen LogP contribution in [0.3, 0.4) is 0 Å². The van der Waals surface area contributed by atoms with Crippen molar-refractivity contribution in [2.45, 2.75) is 11.8 Å². The largest absolute Gasteiger partial charge is 0.455 e. The summed E-state index contributed by atoms with van der Waals surface area (Å²) < 4.78 is 46.8. The lowest BCUT2D eigenvalue weighted by Gasteiger charge is -2.13. The van der Waals surface area contributed by atoms with Gasteiger partial charge in [-0.1, -0.05) is 30.3 Å². The molecule has 0 amide bonds. The van der Waals surface area contributed by atoms with E-state index >= 15 is 0 Å². The Kier molecular flexibility index (Phi) is 4.72. The van der Waals surface area contributed by atoms with Crippen molar-refractivity contribution < 1.29 is 17.5 Å². The van der Waals surface area contributed by atoms with E-state index in [1.165, 1.54) is 19.1 Å².